The maximum atomic E-state index is 12.8. The van der Waals surface area contributed by atoms with E-state index in [-0.39, 0.29) is 12.0 Å². The van der Waals surface area contributed by atoms with E-state index in [0.717, 1.165) is 58.4 Å². The van der Waals surface area contributed by atoms with E-state index in [2.05, 4.69) is 50.7 Å². The van der Waals surface area contributed by atoms with Crippen LogP contribution in [0, 0.1) is 17.2 Å². The lowest BCUT2D eigenvalue weighted by atomic mass is 9.83. The fourth-order valence-electron chi connectivity index (χ4n) is 4.92. The van der Waals surface area contributed by atoms with Crippen LogP contribution in [0.1, 0.15) is 60.8 Å². The van der Waals surface area contributed by atoms with E-state index < -0.39 is 5.60 Å². The third kappa shape index (κ3) is 9.48. The van der Waals surface area contributed by atoms with E-state index in [1.807, 2.05) is 39.8 Å². The van der Waals surface area contributed by atoms with Crippen LogP contribution in [-0.2, 0) is 9.47 Å². The first-order valence-corrected chi connectivity index (χ1v) is 14.6. The number of nitriles is 1. The Labute approximate surface area is 253 Å². The van der Waals surface area contributed by atoms with Crippen molar-refractivity contribution in [2.75, 3.05) is 26.7 Å². The predicted molar refractivity (Wildman–Crippen MR) is 174 cm³/mol. The van der Waals surface area contributed by atoms with Crippen LogP contribution in [0.15, 0.2) is 112 Å². The van der Waals surface area contributed by atoms with E-state index in [9.17, 15) is 10.1 Å². The van der Waals surface area contributed by atoms with Crippen molar-refractivity contribution in [1.29, 1.82) is 5.26 Å². The lowest BCUT2D eigenvalue weighted by Crippen LogP contribution is -2.40. The molecule has 2 aliphatic rings. The summed E-state index contributed by atoms with van der Waals surface area (Å²) in [5, 5.41) is 9.57. The summed E-state index contributed by atoms with van der Waals surface area (Å²) in [7, 11) is 1.77. The van der Waals surface area contributed by atoms with Gasteiger partial charge in [-0.1, -0.05) is 51.8 Å². The van der Waals surface area contributed by atoms with Gasteiger partial charge in [0.15, 0.2) is 0 Å². The molecule has 0 spiro atoms. The average Bonchev–Trinajstić information content (AvgIpc) is 2.91. The minimum Gasteiger partial charge on any atom is -0.493 e. The Bertz CT molecular complexity index is 1330. The molecule has 6 nitrogen and oxygen atoms in total. The van der Waals surface area contributed by atoms with Gasteiger partial charge in [0.1, 0.15) is 11.4 Å². The van der Waals surface area contributed by atoms with Crippen molar-refractivity contribution in [3.63, 3.8) is 0 Å². The summed E-state index contributed by atoms with van der Waals surface area (Å²) in [6.07, 6.45) is 15.1. The highest BCUT2D eigenvalue weighted by Gasteiger charge is 2.28. The Balaban J connectivity index is 2.67. The molecule has 0 radical (unpaired) electrons. The zero-order valence-corrected chi connectivity index (χ0v) is 26.5. The molecule has 0 bridgehead atoms. The van der Waals surface area contributed by atoms with Gasteiger partial charge in [0.25, 0.3) is 0 Å². The Morgan fingerprint density at radius 2 is 2.00 bits per heavy atom. The van der Waals surface area contributed by atoms with Crippen LogP contribution in [-0.4, -0.2) is 49.0 Å². The van der Waals surface area contributed by atoms with Crippen molar-refractivity contribution in [2.45, 2.75) is 66.4 Å². The Morgan fingerprint density at radius 1 is 1.29 bits per heavy atom. The molecule has 0 saturated carbocycles. The van der Waals surface area contributed by atoms with Crippen molar-refractivity contribution in [2.24, 2.45) is 10.9 Å². The molecule has 1 aliphatic carbocycles. The highest BCUT2D eigenvalue weighted by molar-refractivity contribution is 6.14. The molecular weight excluding hydrogens is 522 g/mol. The van der Waals surface area contributed by atoms with Crippen molar-refractivity contribution in [1.82, 2.24) is 4.90 Å². The molecule has 0 aromatic rings. The molecule has 1 aliphatic heterocycles. The number of carbonyl (C=O) groups excluding carboxylic acids is 1. The van der Waals surface area contributed by atoms with Gasteiger partial charge < -0.3 is 14.4 Å². The molecule has 2 rings (SSSR count). The quantitative estimate of drug-likeness (QED) is 0.206. The van der Waals surface area contributed by atoms with Gasteiger partial charge in [-0.05, 0) is 105 Å². The third-order valence-electron chi connectivity index (χ3n) is 6.59. The van der Waals surface area contributed by atoms with Gasteiger partial charge in [-0.2, -0.15) is 5.26 Å². The first kappa shape index (κ1) is 34.1. The molecule has 1 atom stereocenters. The second-order valence-corrected chi connectivity index (χ2v) is 11.6. The number of hydrogen-bond donors (Lipinski definition) is 0. The van der Waals surface area contributed by atoms with Crippen LogP contribution in [0.4, 0.5) is 4.79 Å². The number of hydrogen-bond acceptors (Lipinski definition) is 5. The number of allylic oxidation sites excluding steroid dienone is 13. The molecule has 0 aromatic carbocycles. The van der Waals surface area contributed by atoms with Gasteiger partial charge in [0.2, 0.25) is 0 Å². The van der Waals surface area contributed by atoms with Crippen LogP contribution in [0.3, 0.4) is 0 Å². The molecule has 0 aromatic heterocycles. The van der Waals surface area contributed by atoms with Gasteiger partial charge in [-0.3, -0.25) is 4.99 Å². The fraction of sp³-hybridized carbons (Fsp3) is 0.417. The Kier molecular flexibility index (Phi) is 12.8. The van der Waals surface area contributed by atoms with Gasteiger partial charge in [-0.25, -0.2) is 4.79 Å². The highest BCUT2D eigenvalue weighted by Crippen LogP contribution is 2.37. The van der Waals surface area contributed by atoms with Crippen molar-refractivity contribution in [3.8, 4) is 6.07 Å². The van der Waals surface area contributed by atoms with E-state index in [1.165, 1.54) is 0 Å². The summed E-state index contributed by atoms with van der Waals surface area (Å²) in [4.78, 5) is 19.3. The maximum Gasteiger partial charge on any atom is 0.410 e. The largest absolute Gasteiger partial charge is 0.493 e. The van der Waals surface area contributed by atoms with Crippen LogP contribution in [0.25, 0.3) is 0 Å². The number of nitrogens with zero attached hydrogens (tertiary/aromatic N) is 3. The second kappa shape index (κ2) is 15.8. The lowest BCUT2D eigenvalue weighted by molar-refractivity contribution is 0.0230. The predicted octanol–water partition coefficient (Wildman–Crippen LogP) is 8.52. The molecule has 42 heavy (non-hydrogen) atoms. The summed E-state index contributed by atoms with van der Waals surface area (Å²) in [6.45, 7) is 25.6. The van der Waals surface area contributed by atoms with Crippen molar-refractivity contribution < 1.29 is 14.3 Å². The zero-order chi connectivity index (χ0) is 31.4. The van der Waals surface area contributed by atoms with Crippen LogP contribution in [0.5, 0.6) is 0 Å². The van der Waals surface area contributed by atoms with Crippen LogP contribution >= 0.6 is 0 Å². The van der Waals surface area contributed by atoms with Crippen molar-refractivity contribution in [3.05, 3.63) is 107 Å². The molecule has 1 heterocycles. The highest BCUT2D eigenvalue weighted by atomic mass is 16.6. The fourth-order valence-corrected chi connectivity index (χ4v) is 4.92. The van der Waals surface area contributed by atoms with Crippen LogP contribution in [0.2, 0.25) is 0 Å². The summed E-state index contributed by atoms with van der Waals surface area (Å²) >= 11 is 0. The topological polar surface area (TPSA) is 74.9 Å². The zero-order valence-electron chi connectivity index (χ0n) is 26.5. The number of ether oxygens (including phenoxy) is 2. The summed E-state index contributed by atoms with van der Waals surface area (Å²) in [5.74, 6) is 0.803. The number of rotatable bonds is 9. The maximum absolute atomic E-state index is 12.8. The lowest BCUT2D eigenvalue weighted by Gasteiger charge is -2.31. The normalized spacial score (nSPS) is 22.0. The number of aliphatic imine (C=N–C) groups is 1. The van der Waals surface area contributed by atoms with Gasteiger partial charge in [0.05, 0.1) is 24.0 Å². The van der Waals surface area contributed by atoms with E-state index in [0.29, 0.717) is 31.0 Å². The average molecular weight is 570 g/mol. The van der Waals surface area contributed by atoms with Crippen molar-refractivity contribution >= 4 is 11.8 Å². The summed E-state index contributed by atoms with van der Waals surface area (Å²) in [6, 6.07) is 2.19. The molecule has 0 fully saturated rings. The summed E-state index contributed by atoms with van der Waals surface area (Å²) < 4.78 is 12.0. The van der Waals surface area contributed by atoms with Crippen LogP contribution < -0.4 is 0 Å². The molecule has 0 saturated heterocycles. The van der Waals surface area contributed by atoms with E-state index in [4.69, 9.17) is 9.47 Å². The Morgan fingerprint density at radius 3 is 2.55 bits per heavy atom. The Hall–Kier alpha value is -4.11. The molecule has 6 heteroatoms. The molecule has 0 N–H and O–H groups in total. The number of amides is 1. The van der Waals surface area contributed by atoms with E-state index in [1.54, 1.807) is 36.3 Å². The molecule has 224 valence electrons. The monoisotopic (exact) mass is 569 g/mol. The first-order valence-electron chi connectivity index (χ1n) is 14.6. The minimum absolute atomic E-state index is 0.0971. The smallest absolute Gasteiger partial charge is 0.410 e. The van der Waals surface area contributed by atoms with Gasteiger partial charge in [-0.15, -0.1) is 0 Å². The number of carbonyl (C=O) groups is 1. The SMILES string of the molecule is C=C/C=C(C#N)\C=C(/C=C)C1=CC(=NC)/C(=C(C(=C)C)/C2=C\[C@@H](C)CN(C(=O)OC(C)(C)C)CCC2)C(OCCC)=C1. The molecule has 0 unspecified atom stereocenters. The standard InChI is InChI=1S/C36H47N3O3/c1-11-15-27(23-37)20-28(13-3)30-21-31(38-10)34(32(22-30)41-18-12-2)33(25(4)5)29-16-14-17-39(24-26(6)19-29)35(40)42-36(7,8)9/h11,13,15,19-22,26H,1,3-4,12,14,16-18,24H2,2,5-10H3/b27-15+,28-20+,29-19-,34-33-,38-31?/t26-/m1/s1. The minimum atomic E-state index is -0.537. The first-order chi connectivity index (χ1) is 19.9. The molecular formula is C36H47N3O3. The van der Waals surface area contributed by atoms with Gasteiger partial charge >= 0.3 is 6.09 Å². The third-order valence-corrected chi connectivity index (χ3v) is 6.59. The molecule has 1 amide bonds. The summed E-state index contributed by atoms with van der Waals surface area (Å²) in [5.41, 5.74) is 6.31. The second-order valence-electron chi connectivity index (χ2n) is 11.6. The van der Waals surface area contributed by atoms with Gasteiger partial charge in [0, 0.05) is 25.7 Å². The van der Waals surface area contributed by atoms with E-state index >= 15 is 0 Å².